The SMILES string of the molecule is COc1ccc(NC(=O)O[C@H](CCC/C=C/C=C/C(=O)NO)c2ccc(OCCO[Si](CCC(F)(F)C(F)(F)C(F)(F)C(F)(F)C(F)(F)C(F)(F)C(F)(F)C(F)(F)F)(C(C)C)C(C)C)cc2)cc1. The van der Waals surface area contributed by atoms with Crippen LogP contribution in [0.4, 0.5) is 85.1 Å². The van der Waals surface area contributed by atoms with Gasteiger partial charge in [-0.3, -0.25) is 15.3 Å². The topological polar surface area (TPSA) is 115 Å². The van der Waals surface area contributed by atoms with Crippen molar-refractivity contribution in [3.63, 3.8) is 0 Å². The highest BCUT2D eigenvalue weighted by atomic mass is 28.4. The lowest BCUT2D eigenvalue weighted by atomic mass is 9.88. The maximum absolute atomic E-state index is 15.0. The van der Waals surface area contributed by atoms with Crippen molar-refractivity contribution in [3.05, 3.63) is 78.4 Å². The molecule has 0 heterocycles. The van der Waals surface area contributed by atoms with Crippen LogP contribution in [0, 0.1) is 0 Å². The summed E-state index contributed by atoms with van der Waals surface area (Å²) in [4.78, 5) is 24.0. The number of allylic oxidation sites excluding steroid dienone is 3. The predicted octanol–water partition coefficient (Wildman–Crippen LogP) is 13.3. The van der Waals surface area contributed by atoms with E-state index in [9.17, 15) is 75.4 Å². The Morgan fingerprint density at radius 2 is 1.18 bits per heavy atom. The number of ether oxygens (including phenoxy) is 3. The molecule has 0 radical (unpaired) electrons. The summed E-state index contributed by atoms with van der Waals surface area (Å²) in [5.41, 5.74) is 0.481. The van der Waals surface area contributed by atoms with Crippen molar-refractivity contribution < 1.29 is 108 Å². The van der Waals surface area contributed by atoms with Crippen molar-refractivity contribution in [2.45, 2.75) is 124 Å². The average molecular weight is 1030 g/mol. The first kappa shape index (κ1) is 59.3. The van der Waals surface area contributed by atoms with Crippen molar-refractivity contribution in [2.24, 2.45) is 0 Å². The molecule has 0 fully saturated rings. The molecule has 2 rings (SSSR count). The number of carbonyl (C=O) groups is 2. The summed E-state index contributed by atoms with van der Waals surface area (Å²) < 4.78 is 258. The van der Waals surface area contributed by atoms with E-state index < -0.39 is 111 Å². The first-order valence-electron chi connectivity index (χ1n) is 20.0. The highest BCUT2D eigenvalue weighted by molar-refractivity contribution is 6.76. The molecule has 0 aliphatic heterocycles. The van der Waals surface area contributed by atoms with Crippen molar-refractivity contribution >= 4 is 26.0 Å². The van der Waals surface area contributed by atoms with Crippen LogP contribution in [0.15, 0.2) is 72.8 Å². The van der Waals surface area contributed by atoms with Crippen LogP contribution in [0.2, 0.25) is 17.1 Å². The molecule has 0 unspecified atom stereocenters. The Bertz CT molecular complexity index is 1990. The number of hydrogen-bond donors (Lipinski definition) is 3. The van der Waals surface area contributed by atoms with Crippen LogP contribution in [0.5, 0.6) is 11.5 Å². The van der Waals surface area contributed by atoms with Crippen LogP contribution in [-0.2, 0) is 14.0 Å². The number of benzene rings is 2. The minimum Gasteiger partial charge on any atom is -0.497 e. The fourth-order valence-electron chi connectivity index (χ4n) is 6.55. The number of unbranched alkanes of at least 4 members (excludes halogenated alkanes) is 1. The average Bonchev–Trinajstić information content (AvgIpc) is 3.24. The molecule has 0 bridgehead atoms. The maximum atomic E-state index is 15.0. The largest absolute Gasteiger partial charge is 0.497 e. The normalized spacial score (nSPS) is 14.5. The number of halogens is 17. The van der Waals surface area contributed by atoms with Crippen molar-refractivity contribution in [1.82, 2.24) is 5.48 Å². The monoisotopic (exact) mass is 1030 g/mol. The molecule has 0 aliphatic rings. The van der Waals surface area contributed by atoms with Gasteiger partial charge in [0.2, 0.25) is 0 Å². The van der Waals surface area contributed by atoms with Gasteiger partial charge in [0, 0.05) is 18.2 Å². The number of hydroxylamine groups is 1. The Morgan fingerprint density at radius 1 is 0.676 bits per heavy atom. The van der Waals surface area contributed by atoms with E-state index in [2.05, 4.69) is 5.32 Å². The Hall–Kier alpha value is -4.79. The van der Waals surface area contributed by atoms with Crippen molar-refractivity contribution in [2.75, 3.05) is 25.6 Å². The van der Waals surface area contributed by atoms with E-state index in [-0.39, 0.29) is 12.2 Å². The van der Waals surface area contributed by atoms with Crippen LogP contribution in [0.3, 0.4) is 0 Å². The molecule has 0 aliphatic carbocycles. The van der Waals surface area contributed by atoms with Gasteiger partial charge in [0.1, 0.15) is 24.2 Å². The molecule has 27 heteroatoms. The molecular formula is C41H47F17N2O7Si. The summed E-state index contributed by atoms with van der Waals surface area (Å²) in [7, 11) is -2.56. The smallest absolute Gasteiger partial charge is 0.460 e. The molecule has 0 spiro atoms. The molecule has 0 saturated carbocycles. The summed E-state index contributed by atoms with van der Waals surface area (Å²) in [5, 5.41) is 11.1. The Kier molecular flexibility index (Phi) is 19.9. The molecule has 2 aromatic rings. The third kappa shape index (κ3) is 12.9. The van der Waals surface area contributed by atoms with Crippen molar-refractivity contribution in [1.29, 1.82) is 0 Å². The molecule has 0 aromatic heterocycles. The van der Waals surface area contributed by atoms with Gasteiger partial charge in [0.15, 0.2) is 8.32 Å². The molecule has 3 N–H and O–H groups in total. The Labute approximate surface area is 379 Å². The maximum Gasteiger partial charge on any atom is 0.460 e. The molecule has 2 amide bonds. The van der Waals surface area contributed by atoms with Crippen LogP contribution in [-0.4, -0.2) is 93.5 Å². The standard InChI is InChI=1S/C41H47F17N2O7Si/c1-25(2)68(26(3)4,24-21-34(42,43)35(44,45)36(46,47)37(48,49)38(50,51)39(52,53)40(54,55)41(56,57)58)66-23-22-65-30-17-13-27(14-18-30)31(11-9-7-6-8-10-12-32(61)60-63)67-33(62)59-28-15-19-29(64-5)20-16-28/h6,8,10,12-20,25-26,31,63H,7,9,11,21-24H2,1-5H3,(H,59,62)(H,60,61)/b8-6+,12-10+/t31-/m1/s1. The number of methoxy groups -OCH3 is 1. The van der Waals surface area contributed by atoms with Gasteiger partial charge in [-0.2, -0.15) is 74.6 Å². The minimum atomic E-state index is -8.70. The highest BCUT2D eigenvalue weighted by Crippen LogP contribution is 2.64. The summed E-state index contributed by atoms with van der Waals surface area (Å²) in [6.07, 6.45) is -5.27. The van der Waals surface area contributed by atoms with Gasteiger partial charge in [0.25, 0.3) is 5.91 Å². The Morgan fingerprint density at radius 3 is 1.66 bits per heavy atom. The molecule has 9 nitrogen and oxygen atoms in total. The van der Waals surface area contributed by atoms with Gasteiger partial charge in [-0.25, -0.2) is 10.3 Å². The van der Waals surface area contributed by atoms with Gasteiger partial charge >= 0.3 is 53.7 Å². The van der Waals surface area contributed by atoms with Gasteiger partial charge in [-0.15, -0.1) is 0 Å². The zero-order valence-corrected chi connectivity index (χ0v) is 37.4. The van der Waals surface area contributed by atoms with E-state index in [1.807, 2.05) is 0 Å². The molecule has 1 atom stereocenters. The van der Waals surface area contributed by atoms with Crippen molar-refractivity contribution in [3.8, 4) is 11.5 Å². The zero-order chi connectivity index (χ0) is 52.4. The van der Waals surface area contributed by atoms with E-state index in [4.69, 9.17) is 23.8 Å². The van der Waals surface area contributed by atoms with Crippen LogP contribution < -0.4 is 20.3 Å². The summed E-state index contributed by atoms with van der Waals surface area (Å²) in [5.74, 6) is -57.0. The first-order chi connectivity index (χ1) is 31.0. The quantitative estimate of drug-likeness (QED) is 0.0163. The highest BCUT2D eigenvalue weighted by Gasteiger charge is 2.95. The lowest BCUT2D eigenvalue weighted by Crippen LogP contribution is -2.74. The molecular weight excluding hydrogens is 984 g/mol. The minimum absolute atomic E-state index is 0.131. The van der Waals surface area contributed by atoms with E-state index in [0.717, 1.165) is 6.08 Å². The Balaban J connectivity index is 2.25. The van der Waals surface area contributed by atoms with E-state index >= 15 is 8.78 Å². The lowest BCUT2D eigenvalue weighted by Gasteiger charge is -2.44. The number of rotatable bonds is 26. The fourth-order valence-corrected chi connectivity index (χ4v) is 11.0. The van der Waals surface area contributed by atoms with Gasteiger partial charge in [-0.05, 0) is 78.4 Å². The van der Waals surface area contributed by atoms with Crippen LogP contribution in [0.1, 0.15) is 65.0 Å². The van der Waals surface area contributed by atoms with Gasteiger partial charge < -0.3 is 18.6 Å². The second-order valence-electron chi connectivity index (χ2n) is 15.6. The second-order valence-corrected chi connectivity index (χ2v) is 20.6. The number of anilines is 1. The van der Waals surface area contributed by atoms with Gasteiger partial charge in [0.05, 0.1) is 13.7 Å². The number of nitrogens with one attached hydrogen (secondary N) is 2. The van der Waals surface area contributed by atoms with Crippen LogP contribution >= 0.6 is 0 Å². The number of amides is 2. The van der Waals surface area contributed by atoms with E-state index in [1.165, 1.54) is 76.7 Å². The molecule has 386 valence electrons. The van der Waals surface area contributed by atoms with Gasteiger partial charge in [-0.1, -0.05) is 58.1 Å². The zero-order valence-electron chi connectivity index (χ0n) is 36.4. The number of alkyl halides is 17. The van der Waals surface area contributed by atoms with E-state index in [1.54, 1.807) is 30.3 Å². The van der Waals surface area contributed by atoms with Crippen LogP contribution in [0.25, 0.3) is 0 Å². The third-order valence-corrected chi connectivity index (χ3v) is 16.3. The third-order valence-electron chi connectivity index (χ3n) is 10.6. The number of carbonyl (C=O) groups excluding carboxylic acids is 2. The molecule has 2 aromatic carbocycles. The summed E-state index contributed by atoms with van der Waals surface area (Å²) >= 11 is 0. The summed E-state index contributed by atoms with van der Waals surface area (Å²) in [6, 6.07) is 10.8. The molecule has 0 saturated heterocycles. The molecule has 68 heavy (non-hydrogen) atoms. The first-order valence-corrected chi connectivity index (χ1v) is 22.3. The second kappa shape index (κ2) is 22.8. The summed E-state index contributed by atoms with van der Waals surface area (Å²) in [6.45, 7) is 4.32. The van der Waals surface area contributed by atoms with E-state index in [0.29, 0.717) is 29.8 Å². The predicted molar refractivity (Wildman–Crippen MR) is 212 cm³/mol. The number of hydrogen-bond acceptors (Lipinski definition) is 7. The fraction of sp³-hybridized carbons (Fsp3) is 0.561. The lowest BCUT2D eigenvalue weighted by molar-refractivity contribution is -0.461.